The van der Waals surface area contributed by atoms with E-state index in [1.807, 2.05) is 5.38 Å². The molecule has 0 aliphatic rings. The van der Waals surface area contributed by atoms with Gasteiger partial charge in [-0.15, -0.1) is 11.3 Å². The second-order valence-corrected chi connectivity index (χ2v) is 6.67. The van der Waals surface area contributed by atoms with Crippen LogP contribution in [0.1, 0.15) is 16.1 Å². The highest BCUT2D eigenvalue weighted by Gasteiger charge is 2.17. The second kappa shape index (κ2) is 6.86. The fourth-order valence-electron chi connectivity index (χ4n) is 1.80. The minimum absolute atomic E-state index is 0.118. The van der Waals surface area contributed by atoms with E-state index in [0.29, 0.717) is 13.0 Å². The Hall–Kier alpha value is -1.97. The zero-order valence-corrected chi connectivity index (χ0v) is 13.4. The summed E-state index contributed by atoms with van der Waals surface area (Å²) >= 11 is 1.48. The van der Waals surface area contributed by atoms with Gasteiger partial charge in [-0.25, -0.2) is 18.5 Å². The number of methoxy groups -OCH3 is 1. The molecule has 0 aliphatic carbocycles. The molecule has 2 rings (SSSR count). The van der Waals surface area contributed by atoms with Crippen molar-refractivity contribution >= 4 is 27.3 Å². The van der Waals surface area contributed by atoms with E-state index in [-0.39, 0.29) is 16.2 Å². The molecule has 0 spiro atoms. The largest absolute Gasteiger partial charge is 0.496 e. The summed E-state index contributed by atoms with van der Waals surface area (Å²) in [5.74, 6) is -0.156. The van der Waals surface area contributed by atoms with Crippen LogP contribution in [0, 0.1) is 0 Å². The molecule has 1 amide bonds. The number of nitrogens with two attached hydrogens (primary N) is 1. The van der Waals surface area contributed by atoms with E-state index < -0.39 is 15.9 Å². The minimum atomic E-state index is -3.88. The lowest BCUT2D eigenvalue weighted by Gasteiger charge is -2.10. The summed E-state index contributed by atoms with van der Waals surface area (Å²) in [6.45, 7) is 0.380. The molecular formula is C13H15N3O4S2. The highest BCUT2D eigenvalue weighted by molar-refractivity contribution is 7.89. The van der Waals surface area contributed by atoms with Gasteiger partial charge in [0.15, 0.2) is 0 Å². The zero-order chi connectivity index (χ0) is 16.2. The van der Waals surface area contributed by atoms with Crippen LogP contribution in [0.2, 0.25) is 0 Å². The number of hydrogen-bond acceptors (Lipinski definition) is 6. The number of benzene rings is 1. The van der Waals surface area contributed by atoms with Crippen LogP contribution in [-0.2, 0) is 16.4 Å². The van der Waals surface area contributed by atoms with Gasteiger partial charge in [0.25, 0.3) is 5.91 Å². The van der Waals surface area contributed by atoms with Crippen LogP contribution < -0.4 is 15.2 Å². The first-order valence-electron chi connectivity index (χ1n) is 6.28. The average molecular weight is 341 g/mol. The number of rotatable bonds is 6. The van der Waals surface area contributed by atoms with E-state index >= 15 is 0 Å². The van der Waals surface area contributed by atoms with Crippen molar-refractivity contribution in [2.75, 3.05) is 13.7 Å². The first-order valence-corrected chi connectivity index (χ1v) is 8.77. The maximum Gasteiger partial charge on any atom is 0.255 e. The Morgan fingerprint density at radius 2 is 2.23 bits per heavy atom. The Bertz CT molecular complexity index is 758. The van der Waals surface area contributed by atoms with Crippen LogP contribution in [0.5, 0.6) is 5.75 Å². The first kappa shape index (κ1) is 16.4. The molecule has 1 heterocycles. The molecule has 0 radical (unpaired) electrons. The normalized spacial score (nSPS) is 11.2. The molecule has 2 aromatic rings. The van der Waals surface area contributed by atoms with Crippen LogP contribution in [0.25, 0.3) is 0 Å². The predicted octanol–water partition coefficient (Wildman–Crippen LogP) is 0.772. The summed E-state index contributed by atoms with van der Waals surface area (Å²) in [7, 11) is -2.48. The van der Waals surface area contributed by atoms with Crippen LogP contribution >= 0.6 is 11.3 Å². The van der Waals surface area contributed by atoms with Crippen molar-refractivity contribution in [2.24, 2.45) is 5.14 Å². The van der Waals surface area contributed by atoms with E-state index in [1.165, 1.54) is 36.6 Å². The van der Waals surface area contributed by atoms with Crippen molar-refractivity contribution in [1.29, 1.82) is 0 Å². The molecule has 1 aromatic heterocycles. The zero-order valence-electron chi connectivity index (χ0n) is 11.8. The molecule has 0 fully saturated rings. The number of primary sulfonamides is 1. The lowest BCUT2D eigenvalue weighted by Crippen LogP contribution is -2.26. The van der Waals surface area contributed by atoms with E-state index in [0.717, 1.165) is 5.69 Å². The summed E-state index contributed by atoms with van der Waals surface area (Å²) in [6, 6.07) is 3.89. The summed E-state index contributed by atoms with van der Waals surface area (Å²) < 4.78 is 27.8. The third kappa shape index (κ3) is 4.03. The van der Waals surface area contributed by atoms with Crippen molar-refractivity contribution in [3.8, 4) is 5.75 Å². The van der Waals surface area contributed by atoms with Gasteiger partial charge in [-0.2, -0.15) is 0 Å². The van der Waals surface area contributed by atoms with E-state index in [1.54, 1.807) is 5.51 Å². The molecule has 0 atom stereocenters. The van der Waals surface area contributed by atoms with Gasteiger partial charge < -0.3 is 10.1 Å². The second-order valence-electron chi connectivity index (χ2n) is 4.39. The van der Waals surface area contributed by atoms with Crippen LogP contribution in [-0.4, -0.2) is 33.0 Å². The number of ether oxygens (including phenoxy) is 1. The highest BCUT2D eigenvalue weighted by atomic mass is 32.2. The molecule has 0 unspecified atom stereocenters. The summed E-state index contributed by atoms with van der Waals surface area (Å²) in [5, 5.41) is 9.67. The van der Waals surface area contributed by atoms with Crippen LogP contribution in [0.15, 0.2) is 34.0 Å². The predicted molar refractivity (Wildman–Crippen MR) is 82.5 cm³/mol. The number of thiazole rings is 1. The van der Waals surface area contributed by atoms with E-state index in [9.17, 15) is 13.2 Å². The van der Waals surface area contributed by atoms with Crippen molar-refractivity contribution in [2.45, 2.75) is 11.3 Å². The minimum Gasteiger partial charge on any atom is -0.496 e. The summed E-state index contributed by atoms with van der Waals surface area (Å²) in [4.78, 5) is 16.2. The molecule has 9 heteroatoms. The van der Waals surface area contributed by atoms with Crippen LogP contribution in [0.3, 0.4) is 0 Å². The van der Waals surface area contributed by atoms with Crippen LogP contribution in [0.4, 0.5) is 0 Å². The third-order valence-electron chi connectivity index (χ3n) is 2.89. The quantitative estimate of drug-likeness (QED) is 0.806. The topological polar surface area (TPSA) is 111 Å². The smallest absolute Gasteiger partial charge is 0.255 e. The molecule has 0 bridgehead atoms. The Labute approximate surface area is 132 Å². The number of aromatic nitrogens is 1. The molecule has 22 heavy (non-hydrogen) atoms. The average Bonchev–Trinajstić information content (AvgIpc) is 2.98. The summed E-state index contributed by atoms with van der Waals surface area (Å²) in [6.07, 6.45) is 0.590. The molecule has 0 saturated heterocycles. The molecule has 0 saturated carbocycles. The number of carbonyl (C=O) groups is 1. The van der Waals surface area contributed by atoms with Gasteiger partial charge in [0.2, 0.25) is 10.0 Å². The van der Waals surface area contributed by atoms with Gasteiger partial charge >= 0.3 is 0 Å². The Balaban J connectivity index is 2.13. The first-order chi connectivity index (χ1) is 10.4. The highest BCUT2D eigenvalue weighted by Crippen LogP contribution is 2.21. The van der Waals surface area contributed by atoms with Crippen molar-refractivity contribution in [3.05, 3.63) is 40.3 Å². The lowest BCUT2D eigenvalue weighted by atomic mass is 10.2. The molecule has 1 aromatic carbocycles. The third-order valence-corrected chi connectivity index (χ3v) is 4.44. The van der Waals surface area contributed by atoms with Crippen molar-refractivity contribution < 1.29 is 17.9 Å². The van der Waals surface area contributed by atoms with Gasteiger partial charge in [-0.3, -0.25) is 4.79 Å². The Morgan fingerprint density at radius 3 is 2.82 bits per heavy atom. The van der Waals surface area contributed by atoms with E-state index in [2.05, 4.69) is 10.3 Å². The number of carbonyl (C=O) groups excluding carboxylic acids is 1. The van der Waals surface area contributed by atoms with Crippen molar-refractivity contribution in [1.82, 2.24) is 10.3 Å². The van der Waals surface area contributed by atoms with Gasteiger partial charge in [-0.1, -0.05) is 0 Å². The van der Waals surface area contributed by atoms with Gasteiger partial charge in [-0.05, 0) is 18.2 Å². The standard InChI is InChI=1S/C13H15N3O4S2/c1-20-12-3-2-10(22(14,18)19)6-11(12)13(17)15-5-4-9-7-21-8-16-9/h2-3,6-8H,4-5H2,1H3,(H,15,17)(H2,14,18,19). The van der Waals surface area contributed by atoms with Crippen molar-refractivity contribution in [3.63, 3.8) is 0 Å². The van der Waals surface area contributed by atoms with Gasteiger partial charge in [0, 0.05) is 18.3 Å². The molecule has 3 N–H and O–H groups in total. The van der Waals surface area contributed by atoms with Gasteiger partial charge in [0.1, 0.15) is 5.75 Å². The molecule has 7 nitrogen and oxygen atoms in total. The fraction of sp³-hybridized carbons (Fsp3) is 0.231. The maximum absolute atomic E-state index is 12.2. The number of amides is 1. The van der Waals surface area contributed by atoms with E-state index in [4.69, 9.17) is 9.88 Å². The molecule has 118 valence electrons. The summed E-state index contributed by atoms with van der Waals surface area (Å²) in [5.41, 5.74) is 2.72. The number of nitrogens with zero attached hydrogens (tertiary/aromatic N) is 1. The van der Waals surface area contributed by atoms with Gasteiger partial charge in [0.05, 0.1) is 28.8 Å². The Kier molecular flexibility index (Phi) is 5.11. The number of sulfonamides is 1. The molecular weight excluding hydrogens is 326 g/mol. The molecule has 0 aliphatic heterocycles. The fourth-order valence-corrected chi connectivity index (χ4v) is 2.93. The lowest BCUT2D eigenvalue weighted by molar-refractivity contribution is 0.0951. The number of hydrogen-bond donors (Lipinski definition) is 2. The Morgan fingerprint density at radius 1 is 1.45 bits per heavy atom. The number of nitrogens with one attached hydrogen (secondary N) is 1. The SMILES string of the molecule is COc1ccc(S(N)(=O)=O)cc1C(=O)NCCc1cscn1. The monoisotopic (exact) mass is 341 g/mol. The maximum atomic E-state index is 12.2.